The van der Waals surface area contributed by atoms with Gasteiger partial charge >= 0.3 is 0 Å². The Kier molecular flexibility index (Phi) is 3.02. The van der Waals surface area contributed by atoms with Crippen LogP contribution in [-0.2, 0) is 5.88 Å². The van der Waals surface area contributed by atoms with Crippen LogP contribution in [0, 0.1) is 5.82 Å². The summed E-state index contributed by atoms with van der Waals surface area (Å²) >= 11 is 8.69. The van der Waals surface area contributed by atoms with Crippen molar-refractivity contribution in [2.24, 2.45) is 0 Å². The van der Waals surface area contributed by atoms with E-state index in [1.165, 1.54) is 12.1 Å². The van der Waals surface area contributed by atoms with Gasteiger partial charge in [0.15, 0.2) is 0 Å². The van der Waals surface area contributed by atoms with Crippen molar-refractivity contribution in [2.75, 3.05) is 0 Å². The van der Waals surface area contributed by atoms with Crippen molar-refractivity contribution >= 4 is 27.5 Å². The molecule has 1 aromatic carbocycles. The molecule has 6 heteroatoms. The van der Waals surface area contributed by atoms with Crippen LogP contribution in [0.3, 0.4) is 0 Å². The molecule has 0 saturated carbocycles. The normalized spacial score (nSPS) is 10.6. The Morgan fingerprint density at radius 2 is 2.13 bits per heavy atom. The van der Waals surface area contributed by atoms with Gasteiger partial charge in [-0.1, -0.05) is 15.9 Å². The molecular weight excluding hydrogens is 286 g/mol. The van der Waals surface area contributed by atoms with Crippen LogP contribution in [0.4, 0.5) is 4.39 Å². The Balaban J connectivity index is 2.44. The highest BCUT2D eigenvalue weighted by Gasteiger charge is 2.09. The van der Waals surface area contributed by atoms with Crippen molar-refractivity contribution in [3.8, 4) is 11.5 Å². The molecule has 1 aromatic heterocycles. The highest BCUT2D eigenvalue weighted by Crippen LogP contribution is 2.23. The zero-order valence-corrected chi connectivity index (χ0v) is 9.72. The second-order valence-corrected chi connectivity index (χ2v) is 3.98. The largest absolute Gasteiger partial charge is 0.419 e. The average Bonchev–Trinajstić information content (AvgIpc) is 2.64. The lowest BCUT2D eigenvalue weighted by Crippen LogP contribution is -1.81. The van der Waals surface area contributed by atoms with Gasteiger partial charge in [-0.15, -0.1) is 21.8 Å². The minimum atomic E-state index is -0.370. The van der Waals surface area contributed by atoms with Crippen LogP contribution in [-0.4, -0.2) is 10.2 Å². The van der Waals surface area contributed by atoms with E-state index in [-0.39, 0.29) is 17.6 Å². The molecule has 15 heavy (non-hydrogen) atoms. The molecular formula is C9H5BrClFN2O. The maximum atomic E-state index is 13.1. The molecule has 0 unspecified atom stereocenters. The zero-order chi connectivity index (χ0) is 10.8. The van der Waals surface area contributed by atoms with Crippen LogP contribution in [0.1, 0.15) is 5.89 Å². The molecule has 0 fully saturated rings. The third-order valence-electron chi connectivity index (χ3n) is 1.69. The van der Waals surface area contributed by atoms with Gasteiger partial charge in [0, 0.05) is 10.0 Å². The van der Waals surface area contributed by atoms with Crippen molar-refractivity contribution in [3.05, 3.63) is 34.4 Å². The molecule has 1 heterocycles. The van der Waals surface area contributed by atoms with Crippen LogP contribution in [0.15, 0.2) is 27.1 Å². The van der Waals surface area contributed by atoms with E-state index in [0.717, 1.165) is 0 Å². The SMILES string of the molecule is Fc1cc(Br)cc(-c2nnc(CCl)o2)c1. The number of alkyl halides is 1. The molecule has 2 aromatic rings. The van der Waals surface area contributed by atoms with Crippen molar-refractivity contribution in [2.45, 2.75) is 5.88 Å². The molecule has 0 aliphatic heterocycles. The molecule has 0 bridgehead atoms. The number of benzene rings is 1. The Morgan fingerprint density at radius 1 is 1.33 bits per heavy atom. The summed E-state index contributed by atoms with van der Waals surface area (Å²) < 4.78 is 18.9. The minimum Gasteiger partial charge on any atom is -0.419 e. The minimum absolute atomic E-state index is 0.142. The van der Waals surface area contributed by atoms with Gasteiger partial charge < -0.3 is 4.42 Å². The van der Waals surface area contributed by atoms with E-state index in [9.17, 15) is 4.39 Å². The lowest BCUT2D eigenvalue weighted by molar-refractivity contribution is 0.526. The quantitative estimate of drug-likeness (QED) is 0.796. The molecule has 0 aliphatic carbocycles. The number of hydrogen-bond acceptors (Lipinski definition) is 3. The van der Waals surface area contributed by atoms with Gasteiger partial charge in [-0.05, 0) is 18.2 Å². The molecule has 0 radical (unpaired) electrons. The third-order valence-corrected chi connectivity index (χ3v) is 2.38. The van der Waals surface area contributed by atoms with Crippen LogP contribution in [0.5, 0.6) is 0 Å². The Labute approximate surface area is 98.4 Å². The van der Waals surface area contributed by atoms with Gasteiger partial charge in [0.25, 0.3) is 0 Å². The van der Waals surface area contributed by atoms with Crippen molar-refractivity contribution in [1.29, 1.82) is 0 Å². The van der Waals surface area contributed by atoms with E-state index in [4.69, 9.17) is 16.0 Å². The van der Waals surface area contributed by atoms with Crippen molar-refractivity contribution in [3.63, 3.8) is 0 Å². The van der Waals surface area contributed by atoms with E-state index < -0.39 is 0 Å². The van der Waals surface area contributed by atoms with E-state index in [0.29, 0.717) is 15.9 Å². The molecule has 78 valence electrons. The first-order chi connectivity index (χ1) is 7.19. The Morgan fingerprint density at radius 3 is 2.73 bits per heavy atom. The number of nitrogens with zero attached hydrogens (tertiary/aromatic N) is 2. The van der Waals surface area contributed by atoms with Gasteiger partial charge in [-0.25, -0.2) is 4.39 Å². The standard InChI is InChI=1S/C9H5BrClFN2O/c10-6-1-5(2-7(12)3-6)9-14-13-8(4-11)15-9/h1-3H,4H2. The molecule has 2 rings (SSSR count). The zero-order valence-electron chi connectivity index (χ0n) is 7.38. The molecule has 0 aliphatic rings. The highest BCUT2D eigenvalue weighted by atomic mass is 79.9. The van der Waals surface area contributed by atoms with Crippen LogP contribution in [0.2, 0.25) is 0 Å². The summed E-state index contributed by atoms with van der Waals surface area (Å²) in [6.45, 7) is 0. The second-order valence-electron chi connectivity index (χ2n) is 2.79. The number of halogens is 3. The summed E-state index contributed by atoms with van der Waals surface area (Å²) in [5, 5.41) is 7.43. The van der Waals surface area contributed by atoms with Crippen LogP contribution in [0.25, 0.3) is 11.5 Å². The van der Waals surface area contributed by atoms with Crippen molar-refractivity contribution < 1.29 is 8.81 Å². The Hall–Kier alpha value is -0.940. The van der Waals surface area contributed by atoms with Gasteiger partial charge in [0.2, 0.25) is 11.8 Å². The van der Waals surface area contributed by atoms with Gasteiger partial charge in [-0.3, -0.25) is 0 Å². The molecule has 0 atom stereocenters. The molecule has 0 N–H and O–H groups in total. The number of aromatic nitrogens is 2. The van der Waals surface area contributed by atoms with Crippen LogP contribution < -0.4 is 0 Å². The molecule has 3 nitrogen and oxygen atoms in total. The first-order valence-corrected chi connectivity index (χ1v) is 5.36. The predicted molar refractivity (Wildman–Crippen MR) is 56.9 cm³/mol. The topological polar surface area (TPSA) is 38.9 Å². The fourth-order valence-electron chi connectivity index (χ4n) is 1.10. The smallest absolute Gasteiger partial charge is 0.247 e. The monoisotopic (exact) mass is 290 g/mol. The fourth-order valence-corrected chi connectivity index (χ4v) is 1.67. The average molecular weight is 292 g/mol. The van der Waals surface area contributed by atoms with Crippen molar-refractivity contribution in [1.82, 2.24) is 10.2 Å². The van der Waals surface area contributed by atoms with Gasteiger partial charge in [-0.2, -0.15) is 0 Å². The summed E-state index contributed by atoms with van der Waals surface area (Å²) in [4.78, 5) is 0. The van der Waals surface area contributed by atoms with Gasteiger partial charge in [0.05, 0.1) is 0 Å². The highest BCUT2D eigenvalue weighted by molar-refractivity contribution is 9.10. The van der Waals surface area contributed by atoms with Gasteiger partial charge in [0.1, 0.15) is 11.7 Å². The fraction of sp³-hybridized carbons (Fsp3) is 0.111. The summed E-state index contributed by atoms with van der Waals surface area (Å²) in [5.74, 6) is 0.339. The lowest BCUT2D eigenvalue weighted by Gasteiger charge is -1.96. The van der Waals surface area contributed by atoms with Crippen LogP contribution >= 0.6 is 27.5 Å². The maximum Gasteiger partial charge on any atom is 0.247 e. The molecule has 0 saturated heterocycles. The Bertz CT molecular complexity index is 468. The number of hydrogen-bond donors (Lipinski definition) is 0. The summed E-state index contributed by atoms with van der Waals surface area (Å²) in [6, 6.07) is 4.35. The van der Waals surface area contributed by atoms with E-state index in [2.05, 4.69) is 26.1 Å². The summed E-state index contributed by atoms with van der Waals surface area (Å²) in [5.41, 5.74) is 0.519. The number of rotatable bonds is 2. The first kappa shape index (κ1) is 10.6. The molecule has 0 amide bonds. The lowest BCUT2D eigenvalue weighted by atomic mass is 10.2. The third kappa shape index (κ3) is 2.35. The van der Waals surface area contributed by atoms with E-state index in [1.54, 1.807) is 6.07 Å². The summed E-state index contributed by atoms with van der Waals surface area (Å²) in [7, 11) is 0. The second kappa shape index (κ2) is 4.28. The van der Waals surface area contributed by atoms with E-state index in [1.807, 2.05) is 0 Å². The van der Waals surface area contributed by atoms with E-state index >= 15 is 0 Å². The predicted octanol–water partition coefficient (Wildman–Crippen LogP) is 3.38. The summed E-state index contributed by atoms with van der Waals surface area (Å²) in [6.07, 6.45) is 0. The maximum absolute atomic E-state index is 13.1. The molecule has 0 spiro atoms. The first-order valence-electron chi connectivity index (χ1n) is 4.04.